The van der Waals surface area contributed by atoms with Crippen molar-refractivity contribution in [2.75, 3.05) is 7.11 Å². The van der Waals surface area contributed by atoms with Crippen molar-refractivity contribution in [1.82, 2.24) is 0 Å². The molecule has 3 N–H and O–H groups in total. The molecule has 0 bridgehead atoms. The molecule has 0 amide bonds. The van der Waals surface area contributed by atoms with Crippen LogP contribution in [0, 0.1) is 0 Å². The number of phenols is 1. The van der Waals surface area contributed by atoms with E-state index >= 15 is 0 Å². The highest BCUT2D eigenvalue weighted by Gasteiger charge is 2.14. The summed E-state index contributed by atoms with van der Waals surface area (Å²) in [6, 6.07) is 13.1. The van der Waals surface area contributed by atoms with Gasteiger partial charge < -0.3 is 20.3 Å². The molecule has 21 heavy (non-hydrogen) atoms. The zero-order valence-electron chi connectivity index (χ0n) is 11.7. The minimum Gasteiger partial charge on any atom is -0.508 e. The van der Waals surface area contributed by atoms with Crippen LogP contribution in [-0.2, 0) is 16.0 Å². The van der Waals surface area contributed by atoms with E-state index in [0.29, 0.717) is 17.9 Å². The Labute approximate surface area is 122 Å². The molecule has 0 spiro atoms. The first kappa shape index (κ1) is 14.9. The Bertz CT molecular complexity index is 593. The Kier molecular flexibility index (Phi) is 4.79. The molecule has 110 valence electrons. The van der Waals surface area contributed by atoms with E-state index in [1.807, 2.05) is 12.1 Å². The quantitative estimate of drug-likeness (QED) is 0.824. The maximum Gasteiger partial charge on any atom is 0.322 e. The molecule has 5 nitrogen and oxygen atoms in total. The average Bonchev–Trinajstić information content (AvgIpc) is 2.50. The normalized spacial score (nSPS) is 11.7. The van der Waals surface area contributed by atoms with E-state index in [9.17, 15) is 9.90 Å². The van der Waals surface area contributed by atoms with E-state index in [4.69, 9.17) is 10.5 Å². The number of phenolic OH excluding ortho intramolecular Hbond substituents is 1. The predicted molar refractivity (Wildman–Crippen MR) is 78.3 cm³/mol. The first-order valence-electron chi connectivity index (χ1n) is 6.47. The van der Waals surface area contributed by atoms with Crippen molar-refractivity contribution < 1.29 is 19.4 Å². The summed E-state index contributed by atoms with van der Waals surface area (Å²) in [7, 11) is 1.32. The number of carbonyl (C=O) groups excluding carboxylic acids is 1. The Hall–Kier alpha value is -2.53. The number of carbonyl (C=O) groups is 1. The van der Waals surface area contributed by atoms with Gasteiger partial charge in [0.15, 0.2) is 0 Å². The van der Waals surface area contributed by atoms with Gasteiger partial charge in [0.2, 0.25) is 0 Å². The fourth-order valence-corrected chi connectivity index (χ4v) is 1.83. The number of nitrogens with two attached hydrogens (primary N) is 1. The highest BCUT2D eigenvalue weighted by atomic mass is 16.5. The largest absolute Gasteiger partial charge is 0.508 e. The molecular weight excluding hydrogens is 270 g/mol. The summed E-state index contributed by atoms with van der Waals surface area (Å²) in [5.74, 6) is 1.05. The average molecular weight is 287 g/mol. The van der Waals surface area contributed by atoms with E-state index in [1.54, 1.807) is 36.4 Å². The van der Waals surface area contributed by atoms with E-state index in [2.05, 4.69) is 4.74 Å². The maximum atomic E-state index is 11.3. The molecule has 0 aromatic heterocycles. The molecule has 1 atom stereocenters. The van der Waals surface area contributed by atoms with Gasteiger partial charge >= 0.3 is 5.97 Å². The molecule has 0 aliphatic rings. The lowest BCUT2D eigenvalue weighted by atomic mass is 10.1. The van der Waals surface area contributed by atoms with Gasteiger partial charge in [0.1, 0.15) is 23.3 Å². The van der Waals surface area contributed by atoms with Gasteiger partial charge in [0, 0.05) is 0 Å². The molecule has 0 fully saturated rings. The number of aromatic hydroxyl groups is 1. The number of hydrogen-bond acceptors (Lipinski definition) is 5. The van der Waals surface area contributed by atoms with Crippen molar-refractivity contribution in [1.29, 1.82) is 0 Å². The molecule has 1 unspecified atom stereocenters. The third-order valence-corrected chi connectivity index (χ3v) is 2.96. The minimum absolute atomic E-state index is 0.189. The van der Waals surface area contributed by atoms with Crippen molar-refractivity contribution in [3.05, 3.63) is 54.1 Å². The van der Waals surface area contributed by atoms with Gasteiger partial charge in [-0.25, -0.2) is 0 Å². The molecule has 2 aromatic rings. The molecule has 5 heteroatoms. The van der Waals surface area contributed by atoms with Crippen LogP contribution in [0.1, 0.15) is 5.56 Å². The summed E-state index contributed by atoms with van der Waals surface area (Å²) < 4.78 is 10.2. The molecule has 2 aromatic carbocycles. The van der Waals surface area contributed by atoms with Crippen molar-refractivity contribution in [2.45, 2.75) is 12.5 Å². The number of rotatable bonds is 5. The Morgan fingerprint density at radius 1 is 1.10 bits per heavy atom. The van der Waals surface area contributed by atoms with Gasteiger partial charge in [-0.2, -0.15) is 0 Å². The standard InChI is InChI=1S/C16H17NO4/c1-20-16(19)15(17)10-11-2-6-13(7-3-11)21-14-8-4-12(18)5-9-14/h2-9,15,18H,10,17H2,1H3. The first-order valence-corrected chi connectivity index (χ1v) is 6.47. The number of esters is 1. The number of benzene rings is 2. The van der Waals surface area contributed by atoms with Crippen LogP contribution in [0.4, 0.5) is 0 Å². The fourth-order valence-electron chi connectivity index (χ4n) is 1.83. The predicted octanol–water partition coefficient (Wildman–Crippen LogP) is 2.23. The summed E-state index contributed by atoms with van der Waals surface area (Å²) in [5, 5.41) is 9.20. The molecule has 0 radical (unpaired) electrons. The summed E-state index contributed by atoms with van der Waals surface area (Å²) in [4.78, 5) is 11.3. The van der Waals surface area contributed by atoms with Crippen LogP contribution in [0.5, 0.6) is 17.2 Å². The minimum atomic E-state index is -0.668. The molecular formula is C16H17NO4. The van der Waals surface area contributed by atoms with E-state index in [-0.39, 0.29) is 5.75 Å². The van der Waals surface area contributed by atoms with Crippen LogP contribution in [0.3, 0.4) is 0 Å². The van der Waals surface area contributed by atoms with Gasteiger partial charge in [-0.15, -0.1) is 0 Å². The van der Waals surface area contributed by atoms with Gasteiger partial charge in [-0.05, 0) is 48.4 Å². The SMILES string of the molecule is COC(=O)C(N)Cc1ccc(Oc2ccc(O)cc2)cc1. The molecule has 0 saturated heterocycles. The fraction of sp³-hybridized carbons (Fsp3) is 0.188. The maximum absolute atomic E-state index is 11.3. The van der Waals surface area contributed by atoms with Crippen molar-refractivity contribution in [2.24, 2.45) is 5.73 Å². The monoisotopic (exact) mass is 287 g/mol. The highest BCUT2D eigenvalue weighted by molar-refractivity contribution is 5.75. The van der Waals surface area contributed by atoms with E-state index in [1.165, 1.54) is 7.11 Å². The molecule has 0 saturated carbocycles. The summed E-state index contributed by atoms with van der Waals surface area (Å²) >= 11 is 0. The van der Waals surface area contributed by atoms with Crippen LogP contribution < -0.4 is 10.5 Å². The number of methoxy groups -OCH3 is 1. The smallest absolute Gasteiger partial charge is 0.322 e. The van der Waals surface area contributed by atoms with Crippen LogP contribution in [0.25, 0.3) is 0 Å². The first-order chi connectivity index (χ1) is 10.1. The van der Waals surface area contributed by atoms with E-state index < -0.39 is 12.0 Å². The molecule has 0 heterocycles. The van der Waals surface area contributed by atoms with Crippen molar-refractivity contribution >= 4 is 5.97 Å². The zero-order valence-corrected chi connectivity index (χ0v) is 11.7. The van der Waals surface area contributed by atoms with Crippen molar-refractivity contribution in [3.63, 3.8) is 0 Å². The lowest BCUT2D eigenvalue weighted by molar-refractivity contribution is -0.142. The zero-order chi connectivity index (χ0) is 15.2. The highest BCUT2D eigenvalue weighted by Crippen LogP contribution is 2.23. The van der Waals surface area contributed by atoms with Crippen LogP contribution >= 0.6 is 0 Å². The Balaban J connectivity index is 1.98. The van der Waals surface area contributed by atoms with Crippen LogP contribution in [0.2, 0.25) is 0 Å². The van der Waals surface area contributed by atoms with Crippen LogP contribution in [-0.4, -0.2) is 24.2 Å². The number of hydrogen-bond donors (Lipinski definition) is 2. The molecule has 0 aliphatic carbocycles. The number of ether oxygens (including phenoxy) is 2. The van der Waals surface area contributed by atoms with Gasteiger partial charge in [-0.1, -0.05) is 12.1 Å². The lowest BCUT2D eigenvalue weighted by Crippen LogP contribution is -2.33. The summed E-state index contributed by atoms with van der Waals surface area (Å²) in [6.07, 6.45) is 0.409. The van der Waals surface area contributed by atoms with E-state index in [0.717, 1.165) is 5.56 Å². The summed E-state index contributed by atoms with van der Waals surface area (Å²) in [5.41, 5.74) is 6.63. The second-order valence-corrected chi connectivity index (χ2v) is 4.57. The van der Waals surface area contributed by atoms with Crippen LogP contribution in [0.15, 0.2) is 48.5 Å². The summed E-state index contributed by atoms with van der Waals surface area (Å²) in [6.45, 7) is 0. The second kappa shape index (κ2) is 6.76. The van der Waals surface area contributed by atoms with Gasteiger partial charge in [0.05, 0.1) is 7.11 Å². The topological polar surface area (TPSA) is 81.8 Å². The second-order valence-electron chi connectivity index (χ2n) is 4.57. The third-order valence-electron chi connectivity index (χ3n) is 2.96. The Morgan fingerprint density at radius 2 is 1.62 bits per heavy atom. The Morgan fingerprint density at radius 3 is 2.14 bits per heavy atom. The molecule has 2 rings (SSSR count). The third kappa shape index (κ3) is 4.22. The lowest BCUT2D eigenvalue weighted by Gasteiger charge is -2.10. The van der Waals surface area contributed by atoms with Gasteiger partial charge in [0.25, 0.3) is 0 Å². The molecule has 0 aliphatic heterocycles. The van der Waals surface area contributed by atoms with Gasteiger partial charge in [-0.3, -0.25) is 4.79 Å². The van der Waals surface area contributed by atoms with Crippen molar-refractivity contribution in [3.8, 4) is 17.2 Å².